The molecule has 0 amide bonds. The fourth-order valence-corrected chi connectivity index (χ4v) is 2.25. The fraction of sp³-hybridized carbons (Fsp3) is 1.00. The van der Waals surface area contributed by atoms with Gasteiger partial charge in [0.05, 0.1) is 18.1 Å². The van der Waals surface area contributed by atoms with E-state index in [0.29, 0.717) is 6.54 Å². The summed E-state index contributed by atoms with van der Waals surface area (Å²) < 4.78 is 27.5. The smallest absolute Gasteiger partial charge is 0.153 e. The van der Waals surface area contributed by atoms with E-state index in [2.05, 4.69) is 12.2 Å². The Balaban J connectivity index is 3.41. The molecule has 4 nitrogen and oxygen atoms in total. The molecule has 0 bridgehead atoms. The van der Waals surface area contributed by atoms with E-state index in [4.69, 9.17) is 4.74 Å². The molecular weight excluding hydrogens is 214 g/mol. The van der Waals surface area contributed by atoms with E-state index in [9.17, 15) is 8.42 Å². The molecule has 0 aliphatic heterocycles. The van der Waals surface area contributed by atoms with Gasteiger partial charge in [0, 0.05) is 13.7 Å². The highest BCUT2D eigenvalue weighted by atomic mass is 32.2. The lowest BCUT2D eigenvalue weighted by Crippen LogP contribution is -2.26. The molecule has 0 aliphatic rings. The van der Waals surface area contributed by atoms with Crippen molar-refractivity contribution < 1.29 is 13.2 Å². The molecule has 0 aromatic rings. The lowest BCUT2D eigenvalue weighted by molar-refractivity contribution is 0.217. The van der Waals surface area contributed by atoms with Crippen molar-refractivity contribution in [1.82, 2.24) is 5.32 Å². The maximum atomic E-state index is 11.4. The van der Waals surface area contributed by atoms with Crippen LogP contribution in [-0.2, 0) is 14.6 Å². The Morgan fingerprint density at radius 1 is 1.13 bits per heavy atom. The van der Waals surface area contributed by atoms with E-state index in [0.717, 1.165) is 13.0 Å². The van der Waals surface area contributed by atoms with Gasteiger partial charge in [0.2, 0.25) is 0 Å². The highest BCUT2D eigenvalue weighted by Gasteiger charge is 2.08. The summed E-state index contributed by atoms with van der Waals surface area (Å²) in [5.74, 6) is 0.336. The SMILES string of the molecule is CCCCCNCCS(=O)(=O)CCOC. The van der Waals surface area contributed by atoms with Crippen LogP contribution in [0.5, 0.6) is 0 Å². The number of sulfone groups is 1. The summed E-state index contributed by atoms with van der Waals surface area (Å²) in [4.78, 5) is 0. The third kappa shape index (κ3) is 10.2. The van der Waals surface area contributed by atoms with E-state index in [1.54, 1.807) is 0 Å². The highest BCUT2D eigenvalue weighted by molar-refractivity contribution is 7.91. The standard InChI is InChI=1S/C10H23NO3S/c1-3-4-5-6-11-7-9-15(12,13)10-8-14-2/h11H,3-10H2,1-2H3. The van der Waals surface area contributed by atoms with Gasteiger partial charge in [-0.1, -0.05) is 19.8 Å². The van der Waals surface area contributed by atoms with Gasteiger partial charge in [-0.2, -0.15) is 0 Å². The molecule has 5 heteroatoms. The van der Waals surface area contributed by atoms with Gasteiger partial charge in [-0.25, -0.2) is 8.42 Å². The number of unbranched alkanes of at least 4 members (excludes halogenated alkanes) is 2. The average Bonchev–Trinajstić information content (AvgIpc) is 2.20. The van der Waals surface area contributed by atoms with Crippen LogP contribution in [-0.4, -0.2) is 46.7 Å². The van der Waals surface area contributed by atoms with Gasteiger partial charge in [0.25, 0.3) is 0 Å². The summed E-state index contributed by atoms with van der Waals surface area (Å²) in [7, 11) is -1.41. The van der Waals surface area contributed by atoms with Gasteiger partial charge in [0.1, 0.15) is 0 Å². The van der Waals surface area contributed by atoms with Crippen LogP contribution in [0.1, 0.15) is 26.2 Å². The minimum Gasteiger partial charge on any atom is -0.384 e. The van der Waals surface area contributed by atoms with Crippen LogP contribution < -0.4 is 5.32 Å². The monoisotopic (exact) mass is 237 g/mol. The molecule has 0 saturated carbocycles. The molecule has 0 unspecified atom stereocenters. The Morgan fingerprint density at radius 3 is 2.47 bits per heavy atom. The molecule has 0 heterocycles. The topological polar surface area (TPSA) is 55.4 Å². The number of nitrogens with one attached hydrogen (secondary N) is 1. The highest BCUT2D eigenvalue weighted by Crippen LogP contribution is 1.92. The second-order valence-corrected chi connectivity index (χ2v) is 5.91. The van der Waals surface area contributed by atoms with Gasteiger partial charge in [-0.05, 0) is 13.0 Å². The van der Waals surface area contributed by atoms with E-state index in [1.807, 2.05) is 0 Å². The van der Waals surface area contributed by atoms with E-state index in [1.165, 1.54) is 20.0 Å². The van der Waals surface area contributed by atoms with E-state index < -0.39 is 9.84 Å². The van der Waals surface area contributed by atoms with Crippen LogP contribution in [0, 0.1) is 0 Å². The Hall–Kier alpha value is -0.130. The van der Waals surface area contributed by atoms with E-state index in [-0.39, 0.29) is 18.1 Å². The number of hydrogen-bond donors (Lipinski definition) is 1. The predicted molar refractivity (Wildman–Crippen MR) is 62.9 cm³/mol. The first-order valence-corrected chi connectivity index (χ1v) is 7.34. The Morgan fingerprint density at radius 2 is 1.87 bits per heavy atom. The maximum absolute atomic E-state index is 11.4. The van der Waals surface area contributed by atoms with Gasteiger partial charge in [-0.15, -0.1) is 0 Å². The Bertz CT molecular complexity index is 227. The first-order valence-electron chi connectivity index (χ1n) is 5.52. The molecular formula is C10H23NO3S. The summed E-state index contributed by atoms with van der Waals surface area (Å²) in [5.41, 5.74) is 0. The molecule has 0 aromatic carbocycles. The molecule has 0 saturated heterocycles. The van der Waals surface area contributed by atoms with Crippen molar-refractivity contribution in [3.63, 3.8) is 0 Å². The first kappa shape index (κ1) is 14.9. The van der Waals surface area contributed by atoms with Crippen LogP contribution >= 0.6 is 0 Å². The molecule has 0 spiro atoms. The lowest BCUT2D eigenvalue weighted by atomic mass is 10.2. The van der Waals surface area contributed by atoms with Crippen LogP contribution in [0.3, 0.4) is 0 Å². The fourth-order valence-electron chi connectivity index (χ4n) is 1.17. The molecule has 0 atom stereocenters. The van der Waals surface area contributed by atoms with Crippen molar-refractivity contribution >= 4 is 9.84 Å². The quantitative estimate of drug-likeness (QED) is 0.572. The molecule has 0 rings (SSSR count). The summed E-state index contributed by atoms with van der Waals surface area (Å²) in [5, 5.41) is 3.13. The molecule has 0 aromatic heterocycles. The van der Waals surface area contributed by atoms with E-state index >= 15 is 0 Å². The van der Waals surface area contributed by atoms with Crippen molar-refractivity contribution in [3.8, 4) is 0 Å². The van der Waals surface area contributed by atoms with Crippen molar-refractivity contribution in [2.45, 2.75) is 26.2 Å². The second-order valence-electron chi connectivity index (χ2n) is 3.60. The molecule has 0 aliphatic carbocycles. The van der Waals surface area contributed by atoms with Crippen LogP contribution in [0.15, 0.2) is 0 Å². The second kappa shape index (κ2) is 9.12. The van der Waals surface area contributed by atoms with Crippen LogP contribution in [0.25, 0.3) is 0 Å². The van der Waals surface area contributed by atoms with Crippen LogP contribution in [0.2, 0.25) is 0 Å². The zero-order valence-electron chi connectivity index (χ0n) is 9.79. The third-order valence-corrected chi connectivity index (χ3v) is 3.76. The molecule has 0 radical (unpaired) electrons. The minimum absolute atomic E-state index is 0.125. The number of rotatable bonds is 10. The van der Waals surface area contributed by atoms with Crippen molar-refractivity contribution in [3.05, 3.63) is 0 Å². The van der Waals surface area contributed by atoms with Crippen molar-refractivity contribution in [1.29, 1.82) is 0 Å². The average molecular weight is 237 g/mol. The lowest BCUT2D eigenvalue weighted by Gasteiger charge is -2.05. The van der Waals surface area contributed by atoms with Crippen molar-refractivity contribution in [2.24, 2.45) is 0 Å². The maximum Gasteiger partial charge on any atom is 0.153 e. The first-order chi connectivity index (χ1) is 7.12. The van der Waals surface area contributed by atoms with Gasteiger partial charge in [0.15, 0.2) is 9.84 Å². The molecule has 0 fully saturated rings. The molecule has 15 heavy (non-hydrogen) atoms. The summed E-state index contributed by atoms with van der Waals surface area (Å²) in [6.07, 6.45) is 3.51. The van der Waals surface area contributed by atoms with Crippen molar-refractivity contribution in [2.75, 3.05) is 38.3 Å². The van der Waals surface area contributed by atoms with Gasteiger partial charge < -0.3 is 10.1 Å². The minimum atomic E-state index is -2.92. The Kier molecular flexibility index (Phi) is 9.04. The molecule has 1 N–H and O–H groups in total. The summed E-state index contributed by atoms with van der Waals surface area (Å²) in [6, 6.07) is 0. The number of hydrogen-bond acceptors (Lipinski definition) is 4. The van der Waals surface area contributed by atoms with Gasteiger partial charge in [-0.3, -0.25) is 0 Å². The Labute approximate surface area is 93.3 Å². The van der Waals surface area contributed by atoms with Crippen LogP contribution in [0.4, 0.5) is 0 Å². The zero-order chi connectivity index (χ0) is 11.6. The zero-order valence-corrected chi connectivity index (χ0v) is 10.6. The predicted octanol–water partition coefficient (Wildman–Crippen LogP) is 0.827. The normalized spacial score (nSPS) is 11.9. The summed E-state index contributed by atoms with van der Waals surface area (Å²) >= 11 is 0. The third-order valence-electron chi connectivity index (χ3n) is 2.15. The largest absolute Gasteiger partial charge is 0.384 e. The molecule has 92 valence electrons. The summed E-state index contributed by atoms with van der Waals surface area (Å²) in [6.45, 7) is 3.90. The number of methoxy groups -OCH3 is 1. The number of ether oxygens (including phenoxy) is 1. The van der Waals surface area contributed by atoms with Gasteiger partial charge >= 0.3 is 0 Å².